The number of halogens is 2. The lowest BCUT2D eigenvalue weighted by Crippen LogP contribution is -2.46. The zero-order chi connectivity index (χ0) is 12.8. The zero-order valence-corrected chi connectivity index (χ0v) is 12.7. The van der Waals surface area contributed by atoms with Crippen LogP contribution in [0.4, 0.5) is 5.82 Å². The fraction of sp³-hybridized carbons (Fsp3) is 0.545. The van der Waals surface area contributed by atoms with Gasteiger partial charge in [0.25, 0.3) is 5.91 Å². The normalized spacial score (nSPS) is 14.8. The molecule has 0 unspecified atom stereocenters. The van der Waals surface area contributed by atoms with E-state index in [1.807, 2.05) is 0 Å². The van der Waals surface area contributed by atoms with Gasteiger partial charge in [0.2, 0.25) is 0 Å². The molecule has 0 bridgehead atoms. The molecule has 1 aliphatic rings. The third kappa shape index (κ3) is 5.46. The molecule has 1 amide bonds. The lowest BCUT2D eigenvalue weighted by Gasteiger charge is -2.27. The fourth-order valence-electron chi connectivity index (χ4n) is 1.87. The molecule has 1 fully saturated rings. The molecule has 0 aliphatic carbocycles. The minimum Gasteiger partial charge on any atom is -0.382 e. The number of rotatable bonds is 4. The summed E-state index contributed by atoms with van der Waals surface area (Å²) in [4.78, 5) is 21.8. The van der Waals surface area contributed by atoms with Gasteiger partial charge in [-0.2, -0.15) is 0 Å². The number of nitrogens with zero attached hydrogens (tertiary/aromatic N) is 3. The second-order valence-electron chi connectivity index (χ2n) is 4.14. The lowest BCUT2D eigenvalue weighted by atomic mass is 10.3. The van der Waals surface area contributed by atoms with Gasteiger partial charge in [0.1, 0.15) is 0 Å². The quantitative estimate of drug-likeness (QED) is 0.694. The number of carbonyl (C=O) groups excluding carboxylic acids is 1. The molecule has 1 saturated heterocycles. The van der Waals surface area contributed by atoms with E-state index in [1.165, 1.54) is 12.4 Å². The summed E-state index contributed by atoms with van der Waals surface area (Å²) in [5.74, 6) is -0.104. The van der Waals surface area contributed by atoms with Crippen molar-refractivity contribution in [3.63, 3.8) is 0 Å². The number of aromatic nitrogens is 2. The Morgan fingerprint density at radius 3 is 2.60 bits per heavy atom. The molecular formula is C11H20Cl2N6O. The van der Waals surface area contributed by atoms with Crippen LogP contribution in [0.3, 0.4) is 0 Å². The Kier molecular flexibility index (Phi) is 9.15. The van der Waals surface area contributed by atoms with Gasteiger partial charge in [-0.1, -0.05) is 0 Å². The maximum absolute atomic E-state index is 11.8. The number of nitrogens with two attached hydrogens (primary N) is 1. The van der Waals surface area contributed by atoms with Gasteiger partial charge < -0.3 is 16.4 Å². The molecule has 1 aromatic rings. The van der Waals surface area contributed by atoms with E-state index in [0.717, 1.165) is 32.7 Å². The van der Waals surface area contributed by atoms with Gasteiger partial charge in [-0.3, -0.25) is 9.69 Å². The number of nitrogens with one attached hydrogen (secondary N) is 2. The highest BCUT2D eigenvalue weighted by Crippen LogP contribution is 2.01. The van der Waals surface area contributed by atoms with Gasteiger partial charge in [-0.15, -0.1) is 24.8 Å². The van der Waals surface area contributed by atoms with Crippen LogP contribution in [0.5, 0.6) is 0 Å². The van der Waals surface area contributed by atoms with Crippen LogP contribution in [0, 0.1) is 0 Å². The van der Waals surface area contributed by atoms with E-state index in [-0.39, 0.29) is 42.2 Å². The van der Waals surface area contributed by atoms with Crippen molar-refractivity contribution in [2.24, 2.45) is 0 Å². The molecule has 0 radical (unpaired) electrons. The third-order valence-corrected chi connectivity index (χ3v) is 2.86. The summed E-state index contributed by atoms with van der Waals surface area (Å²) in [5.41, 5.74) is 5.78. The molecule has 9 heteroatoms. The van der Waals surface area contributed by atoms with Crippen molar-refractivity contribution >= 4 is 36.5 Å². The first-order chi connectivity index (χ1) is 8.77. The second kappa shape index (κ2) is 9.71. The molecule has 7 nitrogen and oxygen atoms in total. The summed E-state index contributed by atoms with van der Waals surface area (Å²) < 4.78 is 0. The molecule has 0 spiro atoms. The molecule has 1 aliphatic heterocycles. The van der Waals surface area contributed by atoms with Crippen molar-refractivity contribution in [3.8, 4) is 0 Å². The Morgan fingerprint density at radius 2 is 1.95 bits per heavy atom. The highest BCUT2D eigenvalue weighted by Gasteiger charge is 2.13. The number of nitrogen functional groups attached to an aromatic ring is 1. The number of anilines is 1. The largest absolute Gasteiger partial charge is 0.382 e. The number of carbonyl (C=O) groups is 1. The Hall–Kier alpha value is -1.15. The zero-order valence-electron chi connectivity index (χ0n) is 11.0. The van der Waals surface area contributed by atoms with E-state index >= 15 is 0 Å². The standard InChI is InChI=1S/C11H18N6O.2ClH/c12-10-9(14-1-2-15-10)11(18)16-5-8-17-6-3-13-4-7-17;;/h1-2,13H,3-8H2,(H2,12,15)(H,16,18);2*1H. The molecule has 4 N–H and O–H groups in total. The van der Waals surface area contributed by atoms with E-state index < -0.39 is 0 Å². The van der Waals surface area contributed by atoms with Crippen molar-refractivity contribution in [3.05, 3.63) is 18.1 Å². The van der Waals surface area contributed by atoms with E-state index in [0.29, 0.717) is 6.54 Å². The van der Waals surface area contributed by atoms with Gasteiger partial charge in [-0.25, -0.2) is 9.97 Å². The number of hydrogen-bond donors (Lipinski definition) is 3. The van der Waals surface area contributed by atoms with Crippen LogP contribution in [0.25, 0.3) is 0 Å². The molecule has 0 atom stereocenters. The van der Waals surface area contributed by atoms with Crippen LogP contribution in [0.15, 0.2) is 12.4 Å². The molecule has 20 heavy (non-hydrogen) atoms. The van der Waals surface area contributed by atoms with Crippen LogP contribution < -0.4 is 16.4 Å². The molecule has 2 rings (SSSR count). The summed E-state index contributed by atoms with van der Waals surface area (Å²) in [6.07, 6.45) is 2.93. The van der Waals surface area contributed by atoms with Gasteiger partial charge in [-0.05, 0) is 0 Å². The highest BCUT2D eigenvalue weighted by molar-refractivity contribution is 5.96. The topological polar surface area (TPSA) is 96.2 Å². The van der Waals surface area contributed by atoms with Crippen molar-refractivity contribution < 1.29 is 4.79 Å². The van der Waals surface area contributed by atoms with Gasteiger partial charge >= 0.3 is 0 Å². The number of amides is 1. The van der Waals surface area contributed by atoms with Gasteiger partial charge in [0.05, 0.1) is 0 Å². The summed E-state index contributed by atoms with van der Waals surface area (Å²) in [7, 11) is 0. The molecule has 1 aromatic heterocycles. The highest BCUT2D eigenvalue weighted by atomic mass is 35.5. The number of piperazine rings is 1. The van der Waals surface area contributed by atoms with E-state index in [2.05, 4.69) is 25.5 Å². The lowest BCUT2D eigenvalue weighted by molar-refractivity contribution is 0.0943. The summed E-state index contributed by atoms with van der Waals surface area (Å²) in [6, 6.07) is 0. The first-order valence-electron chi connectivity index (χ1n) is 6.05. The van der Waals surface area contributed by atoms with E-state index in [4.69, 9.17) is 5.73 Å². The summed E-state index contributed by atoms with van der Waals surface area (Å²) in [5, 5.41) is 6.09. The van der Waals surface area contributed by atoms with Crippen LogP contribution in [0.2, 0.25) is 0 Å². The molecule has 114 valence electrons. The molecule has 0 aromatic carbocycles. The van der Waals surface area contributed by atoms with Crippen LogP contribution in [0.1, 0.15) is 10.5 Å². The van der Waals surface area contributed by atoms with E-state index in [9.17, 15) is 4.79 Å². The number of hydrogen-bond acceptors (Lipinski definition) is 6. The monoisotopic (exact) mass is 322 g/mol. The van der Waals surface area contributed by atoms with Crippen LogP contribution >= 0.6 is 24.8 Å². The van der Waals surface area contributed by atoms with E-state index in [1.54, 1.807) is 0 Å². The average Bonchev–Trinajstić information content (AvgIpc) is 2.40. The fourth-order valence-corrected chi connectivity index (χ4v) is 1.87. The molecule has 0 saturated carbocycles. The van der Waals surface area contributed by atoms with Crippen LogP contribution in [-0.4, -0.2) is 60.0 Å². The Balaban J connectivity index is 0.00000180. The van der Waals surface area contributed by atoms with Crippen molar-refractivity contribution in [1.82, 2.24) is 25.5 Å². The van der Waals surface area contributed by atoms with Crippen molar-refractivity contribution in [2.45, 2.75) is 0 Å². The molecular weight excluding hydrogens is 303 g/mol. The van der Waals surface area contributed by atoms with Gasteiger partial charge in [0, 0.05) is 51.7 Å². The minimum atomic E-state index is -0.268. The minimum absolute atomic E-state index is 0. The Morgan fingerprint density at radius 1 is 1.30 bits per heavy atom. The maximum Gasteiger partial charge on any atom is 0.273 e. The Labute approximate surface area is 130 Å². The smallest absolute Gasteiger partial charge is 0.273 e. The summed E-state index contributed by atoms with van der Waals surface area (Å²) in [6.45, 7) is 5.48. The first-order valence-corrected chi connectivity index (χ1v) is 6.05. The third-order valence-electron chi connectivity index (χ3n) is 2.86. The predicted octanol–water partition coefficient (Wildman–Crippen LogP) is -0.463. The first kappa shape index (κ1) is 18.9. The average molecular weight is 323 g/mol. The van der Waals surface area contributed by atoms with Gasteiger partial charge in [0.15, 0.2) is 11.5 Å². The summed E-state index contributed by atoms with van der Waals surface area (Å²) >= 11 is 0. The second-order valence-corrected chi connectivity index (χ2v) is 4.14. The predicted molar refractivity (Wildman–Crippen MR) is 82.6 cm³/mol. The SMILES string of the molecule is Cl.Cl.Nc1nccnc1C(=O)NCCN1CCNCC1. The van der Waals surface area contributed by atoms with Crippen LogP contribution in [-0.2, 0) is 0 Å². The van der Waals surface area contributed by atoms with Crippen molar-refractivity contribution in [1.29, 1.82) is 0 Å². The molecule has 2 heterocycles. The van der Waals surface area contributed by atoms with Crippen molar-refractivity contribution in [2.75, 3.05) is 45.0 Å². The Bertz CT molecular complexity index is 414. The maximum atomic E-state index is 11.8.